The lowest BCUT2D eigenvalue weighted by molar-refractivity contribution is -0.111. The van der Waals surface area contributed by atoms with Crippen LogP contribution in [-0.4, -0.2) is 91.2 Å². The summed E-state index contributed by atoms with van der Waals surface area (Å²) >= 11 is 0. The van der Waals surface area contributed by atoms with Gasteiger partial charge in [0.05, 0.1) is 36.8 Å². The molecule has 0 radical (unpaired) electrons. The van der Waals surface area contributed by atoms with Crippen molar-refractivity contribution >= 4 is 34.6 Å². The number of likely N-dealkylation sites (N-methyl/N-ethyl adjacent to an activating group) is 1. The van der Waals surface area contributed by atoms with Crippen LogP contribution in [0, 0.1) is 12.7 Å². The molecule has 3 aromatic rings. The number of rotatable bonds is 10. The zero-order chi connectivity index (χ0) is 32.9. The maximum atomic E-state index is 15.1. The van der Waals surface area contributed by atoms with Crippen LogP contribution in [0.3, 0.4) is 0 Å². The molecule has 12 heteroatoms. The standard InChI is InChI=1S/C35H45FN8O3/c1-5-34(45)40-27-20-28(31(46-4)21-30(27)43-13-10-25(11-14-43)42-17-15-41(6-2)16-18-42)39-32-22-33(38-23-37-32)44-29(12-19-47-44)26-9-7-8-24(3)35(26)36/h5,7-9,20-23,25,29H,1,6,10-19H2,2-4H3,(H,40,45)(H,37,38,39). The number of piperidine rings is 1. The summed E-state index contributed by atoms with van der Waals surface area (Å²) in [6.45, 7) is 15.4. The number of ether oxygens (including phenoxy) is 1. The number of carbonyl (C=O) groups is 1. The van der Waals surface area contributed by atoms with Gasteiger partial charge >= 0.3 is 0 Å². The second-order valence-electron chi connectivity index (χ2n) is 12.3. The van der Waals surface area contributed by atoms with Crippen LogP contribution in [0.2, 0.25) is 0 Å². The average Bonchev–Trinajstić information content (AvgIpc) is 3.60. The van der Waals surface area contributed by atoms with Gasteiger partial charge < -0.3 is 25.2 Å². The molecule has 47 heavy (non-hydrogen) atoms. The highest BCUT2D eigenvalue weighted by Gasteiger charge is 2.32. The van der Waals surface area contributed by atoms with Gasteiger partial charge in [0.15, 0.2) is 5.82 Å². The molecule has 0 aliphatic carbocycles. The molecule has 11 nitrogen and oxygen atoms in total. The number of amides is 1. The van der Waals surface area contributed by atoms with E-state index in [1.54, 1.807) is 37.3 Å². The Bertz CT molecular complexity index is 1570. The molecule has 3 saturated heterocycles. The van der Waals surface area contributed by atoms with Crippen molar-refractivity contribution in [3.63, 3.8) is 0 Å². The van der Waals surface area contributed by atoms with Crippen molar-refractivity contribution in [1.82, 2.24) is 19.8 Å². The molecule has 3 aliphatic rings. The second kappa shape index (κ2) is 14.7. The summed E-state index contributed by atoms with van der Waals surface area (Å²) in [7, 11) is 1.62. The molecular weight excluding hydrogens is 599 g/mol. The van der Waals surface area contributed by atoms with E-state index in [0.29, 0.717) is 59.0 Å². The molecule has 6 rings (SSSR count). The maximum absolute atomic E-state index is 15.1. The summed E-state index contributed by atoms with van der Waals surface area (Å²) in [6, 6.07) is 11.2. The average molecular weight is 645 g/mol. The molecule has 1 aromatic heterocycles. The lowest BCUT2D eigenvalue weighted by atomic mass is 10.0. The summed E-state index contributed by atoms with van der Waals surface area (Å²) < 4.78 is 20.9. The Morgan fingerprint density at radius 1 is 1.09 bits per heavy atom. The molecule has 0 saturated carbocycles. The zero-order valence-corrected chi connectivity index (χ0v) is 27.5. The first-order valence-electron chi connectivity index (χ1n) is 16.5. The first-order chi connectivity index (χ1) is 22.9. The molecule has 4 heterocycles. The fourth-order valence-corrected chi connectivity index (χ4v) is 6.88. The van der Waals surface area contributed by atoms with Crippen molar-refractivity contribution in [3.05, 3.63) is 72.3 Å². The van der Waals surface area contributed by atoms with E-state index in [2.05, 4.69) is 48.8 Å². The number of halogens is 1. The fourth-order valence-electron chi connectivity index (χ4n) is 6.88. The van der Waals surface area contributed by atoms with E-state index in [0.717, 1.165) is 64.3 Å². The second-order valence-corrected chi connectivity index (χ2v) is 12.3. The summed E-state index contributed by atoms with van der Waals surface area (Å²) in [5.41, 5.74) is 3.32. The van der Waals surface area contributed by atoms with Gasteiger partial charge in [0.1, 0.15) is 23.7 Å². The van der Waals surface area contributed by atoms with E-state index in [1.807, 2.05) is 18.2 Å². The largest absolute Gasteiger partial charge is 0.494 e. The Morgan fingerprint density at radius 3 is 2.60 bits per heavy atom. The van der Waals surface area contributed by atoms with Gasteiger partial charge in [0.25, 0.3) is 0 Å². The molecule has 3 fully saturated rings. The van der Waals surface area contributed by atoms with Gasteiger partial charge in [-0.2, -0.15) is 0 Å². The number of methoxy groups -OCH3 is 1. The SMILES string of the molecule is C=CC(=O)Nc1cc(Nc2cc(N3OCCC3c3cccc(C)c3F)ncn2)c(OC)cc1N1CCC(N2CCN(CC)CC2)CC1. The predicted octanol–water partition coefficient (Wildman–Crippen LogP) is 5.29. The van der Waals surface area contributed by atoms with Crippen LogP contribution < -0.4 is 25.3 Å². The van der Waals surface area contributed by atoms with Gasteiger partial charge in [0, 0.05) is 69.4 Å². The lowest BCUT2D eigenvalue weighted by Crippen LogP contribution is -2.53. The third kappa shape index (κ3) is 7.19. The van der Waals surface area contributed by atoms with Gasteiger partial charge in [0.2, 0.25) is 5.91 Å². The quantitative estimate of drug-likeness (QED) is 0.284. The minimum atomic E-state index is -0.322. The molecule has 1 amide bonds. The predicted molar refractivity (Wildman–Crippen MR) is 183 cm³/mol. The van der Waals surface area contributed by atoms with E-state index in [-0.39, 0.29) is 17.8 Å². The molecule has 2 aromatic carbocycles. The number of aromatic nitrogens is 2. The maximum Gasteiger partial charge on any atom is 0.247 e. The van der Waals surface area contributed by atoms with Gasteiger partial charge in [-0.05, 0) is 44.0 Å². The molecule has 3 aliphatic heterocycles. The Morgan fingerprint density at radius 2 is 1.87 bits per heavy atom. The minimum Gasteiger partial charge on any atom is -0.494 e. The molecule has 1 atom stereocenters. The van der Waals surface area contributed by atoms with Crippen LogP contribution in [0.25, 0.3) is 0 Å². The van der Waals surface area contributed by atoms with Gasteiger partial charge in [-0.1, -0.05) is 31.7 Å². The number of piperazine rings is 1. The Labute approximate surface area is 276 Å². The molecular formula is C35H45FN8O3. The van der Waals surface area contributed by atoms with Gasteiger partial charge in [-0.15, -0.1) is 0 Å². The number of aryl methyl sites for hydroxylation is 1. The van der Waals surface area contributed by atoms with Crippen molar-refractivity contribution in [1.29, 1.82) is 0 Å². The molecule has 0 spiro atoms. The van der Waals surface area contributed by atoms with Gasteiger partial charge in [-0.3, -0.25) is 14.5 Å². The smallest absolute Gasteiger partial charge is 0.247 e. The van der Waals surface area contributed by atoms with E-state index < -0.39 is 0 Å². The minimum absolute atomic E-state index is 0.238. The first-order valence-corrected chi connectivity index (χ1v) is 16.5. The summed E-state index contributed by atoms with van der Waals surface area (Å²) in [4.78, 5) is 34.8. The number of anilines is 5. The highest BCUT2D eigenvalue weighted by atomic mass is 19.1. The summed E-state index contributed by atoms with van der Waals surface area (Å²) in [5, 5.41) is 7.99. The van der Waals surface area contributed by atoms with Crippen LogP contribution in [0.5, 0.6) is 5.75 Å². The Hall–Kier alpha value is -4.26. The van der Waals surface area contributed by atoms with Crippen molar-refractivity contribution in [3.8, 4) is 5.75 Å². The van der Waals surface area contributed by atoms with Crippen LogP contribution in [-0.2, 0) is 9.63 Å². The number of hydroxylamine groups is 1. The normalized spacial score (nSPS) is 19.5. The van der Waals surface area contributed by atoms with E-state index >= 15 is 4.39 Å². The van der Waals surface area contributed by atoms with Gasteiger partial charge in [-0.25, -0.2) is 19.4 Å². The van der Waals surface area contributed by atoms with Crippen molar-refractivity contribution in [2.24, 2.45) is 0 Å². The highest BCUT2D eigenvalue weighted by Crippen LogP contribution is 2.41. The number of benzene rings is 2. The summed E-state index contributed by atoms with van der Waals surface area (Å²) in [6.07, 6.45) is 5.44. The first kappa shape index (κ1) is 32.7. The number of carbonyl (C=O) groups excluding carboxylic acids is 1. The van der Waals surface area contributed by atoms with E-state index in [4.69, 9.17) is 9.57 Å². The zero-order valence-electron chi connectivity index (χ0n) is 27.5. The Balaban J connectivity index is 1.22. The lowest BCUT2D eigenvalue weighted by Gasteiger charge is -2.43. The van der Waals surface area contributed by atoms with Crippen LogP contribution in [0.15, 0.2) is 55.4 Å². The topological polar surface area (TPSA) is 98.3 Å². The monoisotopic (exact) mass is 644 g/mol. The Kier molecular flexibility index (Phi) is 10.2. The third-order valence-corrected chi connectivity index (χ3v) is 9.56. The van der Waals surface area contributed by atoms with Crippen LogP contribution >= 0.6 is 0 Å². The van der Waals surface area contributed by atoms with Crippen molar-refractivity contribution in [2.45, 2.75) is 45.2 Å². The third-order valence-electron chi connectivity index (χ3n) is 9.56. The molecule has 0 bridgehead atoms. The van der Waals surface area contributed by atoms with E-state index in [1.165, 1.54) is 12.4 Å². The number of nitrogens with zero attached hydrogens (tertiary/aromatic N) is 6. The van der Waals surface area contributed by atoms with E-state index in [9.17, 15) is 4.79 Å². The fraction of sp³-hybridized carbons (Fsp3) is 0.457. The van der Waals surface area contributed by atoms with Crippen molar-refractivity contribution < 1.29 is 18.8 Å². The summed E-state index contributed by atoms with van der Waals surface area (Å²) in [5.74, 6) is 1.06. The number of hydrogen-bond acceptors (Lipinski definition) is 10. The van der Waals surface area contributed by atoms with Crippen molar-refractivity contribution in [2.75, 3.05) is 80.1 Å². The molecule has 1 unspecified atom stereocenters. The molecule has 250 valence electrons. The number of hydrogen-bond donors (Lipinski definition) is 2. The van der Waals surface area contributed by atoms with Crippen LogP contribution in [0.1, 0.15) is 43.4 Å². The molecule has 2 N–H and O–H groups in total. The van der Waals surface area contributed by atoms with Crippen LogP contribution in [0.4, 0.5) is 33.1 Å². The number of nitrogens with one attached hydrogen (secondary N) is 2. The highest BCUT2D eigenvalue weighted by molar-refractivity contribution is 6.02.